The van der Waals surface area contributed by atoms with Crippen LogP contribution >= 0.6 is 0 Å². The van der Waals surface area contributed by atoms with Gasteiger partial charge in [0.25, 0.3) is 11.8 Å². The van der Waals surface area contributed by atoms with Crippen molar-refractivity contribution in [3.63, 3.8) is 0 Å². The Morgan fingerprint density at radius 2 is 1.88 bits per heavy atom. The number of benzene rings is 2. The van der Waals surface area contributed by atoms with E-state index in [9.17, 15) is 14.4 Å². The van der Waals surface area contributed by atoms with Gasteiger partial charge in [-0.15, -0.1) is 0 Å². The maximum absolute atomic E-state index is 13.1. The van der Waals surface area contributed by atoms with E-state index in [-0.39, 0.29) is 24.0 Å². The molecule has 0 radical (unpaired) electrons. The highest BCUT2D eigenvalue weighted by Crippen LogP contribution is 2.28. The summed E-state index contributed by atoms with van der Waals surface area (Å²) in [5, 5.41) is 2.72. The summed E-state index contributed by atoms with van der Waals surface area (Å²) in [6.45, 7) is 3.92. The molecular formula is C24H23N3O6. The summed E-state index contributed by atoms with van der Waals surface area (Å²) in [6.07, 6.45) is 1.16. The van der Waals surface area contributed by atoms with Gasteiger partial charge in [-0.25, -0.2) is 9.78 Å². The molecule has 2 amide bonds. The zero-order valence-electron chi connectivity index (χ0n) is 18.1. The summed E-state index contributed by atoms with van der Waals surface area (Å²) in [6, 6.07) is 13.3. The van der Waals surface area contributed by atoms with Crippen molar-refractivity contribution >= 4 is 23.5 Å². The standard InChI is InChI=1S/C24H23N3O6/c1-2-32-24(30)16-6-5-7-17(14-16)26-22(28)20-21(33-15-25-20)18-8-3-4-9-19(18)23(29)27-10-12-31-13-11-27/h3-9,14-15H,2,10-13H2,1H3,(H,26,28). The molecule has 2 aromatic carbocycles. The molecule has 4 rings (SSSR count). The van der Waals surface area contributed by atoms with Gasteiger partial charge in [0.1, 0.15) is 0 Å². The van der Waals surface area contributed by atoms with Gasteiger partial charge in [0.15, 0.2) is 17.8 Å². The minimum atomic E-state index is -0.534. The Morgan fingerprint density at radius 3 is 2.67 bits per heavy atom. The molecule has 33 heavy (non-hydrogen) atoms. The van der Waals surface area contributed by atoms with Crippen molar-refractivity contribution in [2.24, 2.45) is 0 Å². The highest BCUT2D eigenvalue weighted by atomic mass is 16.5. The lowest BCUT2D eigenvalue weighted by molar-refractivity contribution is 0.0303. The van der Waals surface area contributed by atoms with Crippen molar-refractivity contribution in [2.75, 3.05) is 38.2 Å². The van der Waals surface area contributed by atoms with Crippen LogP contribution in [-0.2, 0) is 9.47 Å². The van der Waals surface area contributed by atoms with Crippen LogP contribution in [0.4, 0.5) is 5.69 Å². The molecule has 1 aliphatic heterocycles. The molecular weight excluding hydrogens is 426 g/mol. The number of hydrogen-bond acceptors (Lipinski definition) is 7. The molecule has 1 saturated heterocycles. The quantitative estimate of drug-likeness (QED) is 0.575. The summed E-state index contributed by atoms with van der Waals surface area (Å²) < 4.78 is 15.9. The van der Waals surface area contributed by atoms with Gasteiger partial charge < -0.3 is 24.1 Å². The number of nitrogens with zero attached hydrogens (tertiary/aromatic N) is 2. The van der Waals surface area contributed by atoms with Crippen molar-refractivity contribution in [3.05, 3.63) is 71.7 Å². The fourth-order valence-electron chi connectivity index (χ4n) is 3.53. The van der Waals surface area contributed by atoms with Crippen LogP contribution in [0.1, 0.15) is 38.1 Å². The predicted octanol–water partition coefficient (Wildman–Crippen LogP) is 3.24. The van der Waals surface area contributed by atoms with Crippen molar-refractivity contribution in [1.29, 1.82) is 0 Å². The van der Waals surface area contributed by atoms with Crippen LogP contribution in [0.2, 0.25) is 0 Å². The van der Waals surface area contributed by atoms with Gasteiger partial charge in [-0.3, -0.25) is 9.59 Å². The fraction of sp³-hybridized carbons (Fsp3) is 0.250. The number of anilines is 1. The molecule has 0 saturated carbocycles. The third-order valence-electron chi connectivity index (χ3n) is 5.11. The second-order valence-electron chi connectivity index (χ2n) is 7.24. The third kappa shape index (κ3) is 4.93. The van der Waals surface area contributed by atoms with Gasteiger partial charge in [-0.05, 0) is 31.2 Å². The van der Waals surface area contributed by atoms with Gasteiger partial charge >= 0.3 is 5.97 Å². The van der Waals surface area contributed by atoms with Crippen LogP contribution in [0.3, 0.4) is 0 Å². The maximum Gasteiger partial charge on any atom is 0.338 e. The van der Waals surface area contributed by atoms with Crippen LogP contribution in [0.25, 0.3) is 11.3 Å². The normalized spacial score (nSPS) is 13.4. The average Bonchev–Trinajstić information content (AvgIpc) is 3.34. The molecule has 1 N–H and O–H groups in total. The Labute approximate surface area is 190 Å². The molecule has 0 bridgehead atoms. The first-order chi connectivity index (χ1) is 16.1. The topological polar surface area (TPSA) is 111 Å². The Hall–Kier alpha value is -3.98. The molecule has 170 valence electrons. The zero-order valence-corrected chi connectivity index (χ0v) is 18.1. The number of morpholine rings is 1. The van der Waals surface area contributed by atoms with Gasteiger partial charge in [0, 0.05) is 24.3 Å². The Balaban J connectivity index is 1.59. The third-order valence-corrected chi connectivity index (χ3v) is 5.11. The Bertz CT molecular complexity index is 1170. The van der Waals surface area contributed by atoms with E-state index in [0.717, 1.165) is 6.39 Å². The van der Waals surface area contributed by atoms with Crippen LogP contribution in [0.15, 0.2) is 59.3 Å². The summed E-state index contributed by atoms with van der Waals surface area (Å²) in [5.74, 6) is -0.996. The first kappa shape index (κ1) is 22.2. The molecule has 1 fully saturated rings. The smallest absolute Gasteiger partial charge is 0.338 e. The second-order valence-corrected chi connectivity index (χ2v) is 7.24. The summed E-state index contributed by atoms with van der Waals surface area (Å²) in [4.78, 5) is 43.9. The van der Waals surface area contributed by atoms with E-state index in [1.165, 1.54) is 6.07 Å². The summed E-state index contributed by atoms with van der Waals surface area (Å²) in [5.41, 5.74) is 1.62. The molecule has 0 spiro atoms. The van der Waals surface area contributed by atoms with Gasteiger partial charge in [0.2, 0.25) is 0 Å². The lowest BCUT2D eigenvalue weighted by Crippen LogP contribution is -2.40. The van der Waals surface area contributed by atoms with Crippen LogP contribution in [0, 0.1) is 0 Å². The number of carbonyl (C=O) groups excluding carboxylic acids is 3. The summed E-state index contributed by atoms with van der Waals surface area (Å²) in [7, 11) is 0. The largest absolute Gasteiger partial charge is 0.462 e. The molecule has 0 aliphatic carbocycles. The van der Waals surface area contributed by atoms with E-state index >= 15 is 0 Å². The zero-order chi connectivity index (χ0) is 23.2. The monoisotopic (exact) mass is 449 g/mol. The van der Waals surface area contributed by atoms with Crippen LogP contribution in [-0.4, -0.2) is 60.6 Å². The van der Waals surface area contributed by atoms with Crippen LogP contribution < -0.4 is 5.32 Å². The number of hydrogen-bond donors (Lipinski definition) is 1. The minimum absolute atomic E-state index is 0.0266. The first-order valence-corrected chi connectivity index (χ1v) is 10.6. The van der Waals surface area contributed by atoms with E-state index in [1.54, 1.807) is 54.3 Å². The molecule has 0 unspecified atom stereocenters. The number of carbonyl (C=O) groups is 3. The number of oxazole rings is 1. The van der Waals surface area contributed by atoms with Crippen molar-refractivity contribution in [1.82, 2.24) is 9.88 Å². The summed E-state index contributed by atoms with van der Waals surface area (Å²) >= 11 is 0. The first-order valence-electron chi connectivity index (χ1n) is 10.6. The lowest BCUT2D eigenvalue weighted by atomic mass is 10.0. The van der Waals surface area contributed by atoms with E-state index in [0.29, 0.717) is 48.7 Å². The van der Waals surface area contributed by atoms with Gasteiger partial charge in [-0.1, -0.05) is 24.3 Å². The number of rotatable bonds is 6. The molecule has 3 aromatic rings. The van der Waals surface area contributed by atoms with Gasteiger partial charge in [-0.2, -0.15) is 0 Å². The molecule has 1 aliphatic rings. The van der Waals surface area contributed by atoms with E-state index in [4.69, 9.17) is 13.9 Å². The number of nitrogens with one attached hydrogen (secondary N) is 1. The molecule has 1 aromatic heterocycles. The Kier molecular flexibility index (Phi) is 6.80. The van der Waals surface area contributed by atoms with Crippen molar-refractivity contribution in [2.45, 2.75) is 6.92 Å². The van der Waals surface area contributed by atoms with E-state index < -0.39 is 11.9 Å². The molecule has 2 heterocycles. The molecule has 9 nitrogen and oxygen atoms in total. The fourth-order valence-corrected chi connectivity index (χ4v) is 3.53. The number of amides is 2. The van der Waals surface area contributed by atoms with E-state index in [1.807, 2.05) is 0 Å². The van der Waals surface area contributed by atoms with Crippen molar-refractivity contribution in [3.8, 4) is 11.3 Å². The van der Waals surface area contributed by atoms with Crippen LogP contribution in [0.5, 0.6) is 0 Å². The van der Waals surface area contributed by atoms with Gasteiger partial charge in [0.05, 0.1) is 30.9 Å². The minimum Gasteiger partial charge on any atom is -0.462 e. The van der Waals surface area contributed by atoms with E-state index in [2.05, 4.69) is 10.3 Å². The second kappa shape index (κ2) is 10.1. The lowest BCUT2D eigenvalue weighted by Gasteiger charge is -2.27. The number of esters is 1. The predicted molar refractivity (Wildman–Crippen MR) is 119 cm³/mol. The highest BCUT2D eigenvalue weighted by molar-refractivity contribution is 6.09. The number of ether oxygens (including phenoxy) is 2. The maximum atomic E-state index is 13.1. The highest BCUT2D eigenvalue weighted by Gasteiger charge is 2.26. The molecule has 0 atom stereocenters. The van der Waals surface area contributed by atoms with Crippen molar-refractivity contribution < 1.29 is 28.3 Å². The Morgan fingerprint density at radius 1 is 1.09 bits per heavy atom. The number of aromatic nitrogens is 1. The molecule has 9 heteroatoms. The average molecular weight is 449 g/mol. The SMILES string of the molecule is CCOC(=O)c1cccc(NC(=O)c2ncoc2-c2ccccc2C(=O)N2CCOCC2)c1.